The van der Waals surface area contributed by atoms with Crippen LogP contribution in [-0.4, -0.2) is 46.8 Å². The molecule has 0 bridgehead atoms. The van der Waals surface area contributed by atoms with Crippen molar-refractivity contribution in [3.05, 3.63) is 17.5 Å². The molecule has 1 aromatic heterocycles. The molecule has 1 saturated carbocycles. The lowest BCUT2D eigenvalue weighted by molar-refractivity contribution is -0.142. The number of aromatic nitrogens is 2. The van der Waals surface area contributed by atoms with Gasteiger partial charge in [-0.05, 0) is 58.8 Å². The molecule has 1 aromatic rings. The number of alkyl halides is 3. The van der Waals surface area contributed by atoms with Gasteiger partial charge in [0.05, 0.1) is 0 Å². The molecule has 1 unspecified atom stereocenters. The van der Waals surface area contributed by atoms with Crippen LogP contribution in [0.15, 0.2) is 6.07 Å². The molecule has 1 aliphatic carbocycles. The topological polar surface area (TPSA) is 50.2 Å². The van der Waals surface area contributed by atoms with Gasteiger partial charge in [-0.3, -0.25) is 9.48 Å². The second-order valence-electron chi connectivity index (χ2n) is 6.93. The van der Waals surface area contributed by atoms with Crippen LogP contribution in [0.1, 0.15) is 56.0 Å². The van der Waals surface area contributed by atoms with E-state index < -0.39 is 17.9 Å². The first-order valence-electron chi connectivity index (χ1n) is 8.41. The first-order valence-corrected chi connectivity index (χ1v) is 8.41. The normalized spacial score (nSPS) is 21.7. The summed E-state index contributed by atoms with van der Waals surface area (Å²) in [6.07, 6.45) is -1.06. The highest BCUT2D eigenvalue weighted by Gasteiger charge is 2.39. The van der Waals surface area contributed by atoms with Gasteiger partial charge in [-0.15, -0.1) is 0 Å². The van der Waals surface area contributed by atoms with Crippen molar-refractivity contribution in [2.45, 2.75) is 56.8 Å². The van der Waals surface area contributed by atoms with Gasteiger partial charge in [0.15, 0.2) is 5.69 Å². The Morgan fingerprint density at radius 2 is 1.92 bits per heavy atom. The molecule has 0 spiro atoms. The molecular formula is C16H23F3N4O. The zero-order valence-corrected chi connectivity index (χ0v) is 13.9. The zero-order chi connectivity index (χ0) is 17.5. The van der Waals surface area contributed by atoms with Crippen LogP contribution in [0.4, 0.5) is 13.2 Å². The number of rotatable bonds is 4. The third-order valence-corrected chi connectivity index (χ3v) is 4.86. The van der Waals surface area contributed by atoms with Crippen LogP contribution in [0.25, 0.3) is 0 Å². The summed E-state index contributed by atoms with van der Waals surface area (Å²) in [5.74, 6) is -0.171. The van der Waals surface area contributed by atoms with Crippen molar-refractivity contribution in [1.29, 1.82) is 0 Å². The standard InChI is InChI=1S/C16H23F3N4O/c1-10(15(24)20-12-5-7-22(2)8-6-12)23-13(11-3-4-11)9-14(21-23)16(17,18)19/h9-12H,3-8H2,1-2H3,(H,20,24). The average Bonchev–Trinajstić information content (AvgIpc) is 3.26. The number of nitrogens with zero attached hydrogens (tertiary/aromatic N) is 3. The van der Waals surface area contributed by atoms with Crippen molar-refractivity contribution in [1.82, 2.24) is 20.0 Å². The van der Waals surface area contributed by atoms with Gasteiger partial charge in [-0.2, -0.15) is 18.3 Å². The highest BCUT2D eigenvalue weighted by atomic mass is 19.4. The van der Waals surface area contributed by atoms with Crippen molar-refractivity contribution in [3.8, 4) is 0 Å². The number of carbonyl (C=O) groups is 1. The van der Waals surface area contributed by atoms with Gasteiger partial charge >= 0.3 is 6.18 Å². The van der Waals surface area contributed by atoms with Gasteiger partial charge in [0, 0.05) is 17.7 Å². The molecule has 1 atom stereocenters. The summed E-state index contributed by atoms with van der Waals surface area (Å²) in [7, 11) is 2.03. The minimum Gasteiger partial charge on any atom is -0.351 e. The number of hydrogen-bond acceptors (Lipinski definition) is 3. The number of halogens is 3. The Bertz CT molecular complexity index is 601. The van der Waals surface area contributed by atoms with Crippen LogP contribution in [0, 0.1) is 0 Å². The van der Waals surface area contributed by atoms with E-state index in [2.05, 4.69) is 15.3 Å². The van der Waals surface area contributed by atoms with Crippen molar-refractivity contribution in [2.75, 3.05) is 20.1 Å². The van der Waals surface area contributed by atoms with E-state index in [0.717, 1.165) is 44.8 Å². The molecule has 5 nitrogen and oxygen atoms in total. The zero-order valence-electron chi connectivity index (χ0n) is 13.9. The number of nitrogens with one attached hydrogen (secondary N) is 1. The number of piperidine rings is 1. The second-order valence-corrected chi connectivity index (χ2v) is 6.93. The molecule has 0 radical (unpaired) electrons. The quantitative estimate of drug-likeness (QED) is 0.913. The van der Waals surface area contributed by atoms with E-state index in [0.29, 0.717) is 5.69 Å². The molecule has 1 saturated heterocycles. The van der Waals surface area contributed by atoms with E-state index in [1.165, 1.54) is 4.68 Å². The summed E-state index contributed by atoms with van der Waals surface area (Å²) < 4.78 is 40.1. The summed E-state index contributed by atoms with van der Waals surface area (Å²) in [5.41, 5.74) is -0.392. The van der Waals surface area contributed by atoms with Crippen LogP contribution < -0.4 is 5.32 Å². The van der Waals surface area contributed by atoms with E-state index in [9.17, 15) is 18.0 Å². The van der Waals surface area contributed by atoms with Crippen molar-refractivity contribution < 1.29 is 18.0 Å². The number of hydrogen-bond donors (Lipinski definition) is 1. The first-order chi connectivity index (χ1) is 11.3. The van der Waals surface area contributed by atoms with Gasteiger partial charge < -0.3 is 10.2 Å². The van der Waals surface area contributed by atoms with Crippen LogP contribution >= 0.6 is 0 Å². The fourth-order valence-electron chi connectivity index (χ4n) is 3.13. The summed E-state index contributed by atoms with van der Waals surface area (Å²) >= 11 is 0. The Labute approximate surface area is 139 Å². The number of likely N-dealkylation sites (tertiary alicyclic amines) is 1. The molecule has 3 rings (SSSR count). The predicted molar refractivity (Wildman–Crippen MR) is 82.6 cm³/mol. The van der Waals surface area contributed by atoms with Gasteiger partial charge in [0.25, 0.3) is 0 Å². The lowest BCUT2D eigenvalue weighted by Crippen LogP contribution is -2.45. The minimum atomic E-state index is -4.49. The molecule has 2 aliphatic rings. The van der Waals surface area contributed by atoms with Gasteiger partial charge in [0.2, 0.25) is 5.91 Å². The Morgan fingerprint density at radius 3 is 2.46 bits per heavy atom. The second kappa shape index (κ2) is 6.38. The number of amides is 1. The molecule has 8 heteroatoms. The summed E-state index contributed by atoms with van der Waals surface area (Å²) in [6.45, 7) is 3.43. The third kappa shape index (κ3) is 3.74. The average molecular weight is 344 g/mol. The highest BCUT2D eigenvalue weighted by molar-refractivity contribution is 5.80. The molecular weight excluding hydrogens is 321 g/mol. The maximum absolute atomic E-state index is 13.0. The van der Waals surface area contributed by atoms with Crippen LogP contribution in [-0.2, 0) is 11.0 Å². The fraction of sp³-hybridized carbons (Fsp3) is 0.750. The predicted octanol–water partition coefficient (Wildman–Crippen LogP) is 2.55. The number of carbonyl (C=O) groups excluding carboxylic acids is 1. The van der Waals surface area contributed by atoms with Crippen LogP contribution in [0.2, 0.25) is 0 Å². The molecule has 0 aromatic carbocycles. The Morgan fingerprint density at radius 1 is 1.29 bits per heavy atom. The molecule has 24 heavy (non-hydrogen) atoms. The minimum absolute atomic E-state index is 0.0816. The Kier molecular flexibility index (Phi) is 4.59. The van der Waals surface area contributed by atoms with E-state index in [1.807, 2.05) is 7.05 Å². The van der Waals surface area contributed by atoms with Crippen LogP contribution in [0.5, 0.6) is 0 Å². The van der Waals surface area contributed by atoms with Crippen LogP contribution in [0.3, 0.4) is 0 Å². The van der Waals surface area contributed by atoms with E-state index >= 15 is 0 Å². The molecule has 1 aliphatic heterocycles. The van der Waals surface area contributed by atoms with Gasteiger partial charge in [-0.25, -0.2) is 0 Å². The molecule has 1 N–H and O–H groups in total. The molecule has 1 amide bonds. The Balaban J connectivity index is 1.72. The van der Waals surface area contributed by atoms with E-state index in [-0.39, 0.29) is 17.9 Å². The summed E-state index contributed by atoms with van der Waals surface area (Å²) in [4.78, 5) is 14.7. The monoisotopic (exact) mass is 344 g/mol. The molecule has 134 valence electrons. The highest BCUT2D eigenvalue weighted by Crippen LogP contribution is 2.43. The maximum Gasteiger partial charge on any atom is 0.435 e. The smallest absolute Gasteiger partial charge is 0.351 e. The third-order valence-electron chi connectivity index (χ3n) is 4.86. The summed E-state index contributed by atoms with van der Waals surface area (Å²) in [5, 5.41) is 6.66. The Hall–Kier alpha value is -1.57. The van der Waals surface area contributed by atoms with E-state index in [1.54, 1.807) is 6.92 Å². The molecule has 2 heterocycles. The fourth-order valence-corrected chi connectivity index (χ4v) is 3.13. The lowest BCUT2D eigenvalue weighted by atomic mass is 10.1. The van der Waals surface area contributed by atoms with Crippen molar-refractivity contribution >= 4 is 5.91 Å². The van der Waals surface area contributed by atoms with E-state index in [4.69, 9.17) is 0 Å². The summed E-state index contributed by atoms with van der Waals surface area (Å²) in [6, 6.07) is 0.436. The molecule has 2 fully saturated rings. The van der Waals surface area contributed by atoms with Gasteiger partial charge in [0.1, 0.15) is 6.04 Å². The first kappa shape index (κ1) is 17.3. The lowest BCUT2D eigenvalue weighted by Gasteiger charge is -2.30. The van der Waals surface area contributed by atoms with Crippen molar-refractivity contribution in [2.24, 2.45) is 0 Å². The maximum atomic E-state index is 13.0. The van der Waals surface area contributed by atoms with Gasteiger partial charge in [-0.1, -0.05) is 0 Å². The SMILES string of the molecule is CC(C(=O)NC1CCN(C)CC1)n1nc(C(F)(F)F)cc1C1CC1. The van der Waals surface area contributed by atoms with Crippen molar-refractivity contribution in [3.63, 3.8) is 0 Å². The largest absolute Gasteiger partial charge is 0.435 e.